The average Bonchev–Trinajstić information content (AvgIpc) is 3.54. The monoisotopic (exact) mass is 514 g/mol. The minimum absolute atomic E-state index is 0.135. The second-order valence-corrected chi connectivity index (χ2v) is 9.78. The average molecular weight is 515 g/mol. The minimum atomic E-state index is -4.40. The van der Waals surface area contributed by atoms with Crippen molar-refractivity contribution >= 4 is 5.97 Å². The summed E-state index contributed by atoms with van der Waals surface area (Å²) in [5.41, 5.74) is 2.71. The number of nitrogens with zero attached hydrogens (tertiary/aromatic N) is 2. The number of piperidine rings is 1. The molecule has 2 atom stereocenters. The lowest BCUT2D eigenvalue weighted by Crippen LogP contribution is -2.30. The highest BCUT2D eigenvalue weighted by Crippen LogP contribution is 2.43. The van der Waals surface area contributed by atoms with Gasteiger partial charge in [-0.25, -0.2) is 0 Å². The quantitative estimate of drug-likeness (QED) is 0.377. The first-order valence-electron chi connectivity index (χ1n) is 12.6. The summed E-state index contributed by atoms with van der Waals surface area (Å²) in [5, 5.41) is 13.2. The van der Waals surface area contributed by atoms with E-state index >= 15 is 0 Å². The Balaban J connectivity index is 1.37. The first-order chi connectivity index (χ1) is 17.8. The number of carbonyl (C=O) groups is 1. The molecule has 1 saturated heterocycles. The van der Waals surface area contributed by atoms with Gasteiger partial charge in [0.2, 0.25) is 0 Å². The number of aliphatic carboxylic acids is 1. The molecule has 1 aliphatic carbocycles. The van der Waals surface area contributed by atoms with E-state index in [9.17, 15) is 23.1 Å². The van der Waals surface area contributed by atoms with Crippen LogP contribution in [0.2, 0.25) is 0 Å². The fourth-order valence-electron chi connectivity index (χ4n) is 5.56. The number of alkyl halides is 3. The molecule has 0 saturated carbocycles. The largest absolute Gasteiger partial charge is 0.486 e. The maximum absolute atomic E-state index is 13.9. The Morgan fingerprint density at radius 1 is 1.11 bits per heavy atom. The van der Waals surface area contributed by atoms with Gasteiger partial charge in [0.1, 0.15) is 18.1 Å². The smallest absolute Gasteiger partial charge is 0.416 e. The third-order valence-corrected chi connectivity index (χ3v) is 7.36. The van der Waals surface area contributed by atoms with E-state index in [2.05, 4.69) is 10.1 Å². The van der Waals surface area contributed by atoms with E-state index in [0.717, 1.165) is 49.0 Å². The second-order valence-electron chi connectivity index (χ2n) is 9.78. The fraction of sp³-hybridized carbons (Fsp3) is 0.429. The van der Waals surface area contributed by atoms with Crippen molar-refractivity contribution in [3.8, 4) is 5.75 Å². The third-order valence-electron chi connectivity index (χ3n) is 7.36. The van der Waals surface area contributed by atoms with Crippen LogP contribution in [-0.4, -0.2) is 34.2 Å². The van der Waals surface area contributed by atoms with E-state index in [1.54, 1.807) is 36.4 Å². The molecule has 1 N–H and O–H groups in total. The Morgan fingerprint density at radius 2 is 1.86 bits per heavy atom. The summed E-state index contributed by atoms with van der Waals surface area (Å²) >= 11 is 0. The molecule has 9 heteroatoms. The Labute approximate surface area is 213 Å². The topological polar surface area (TPSA) is 75.8 Å². The molecule has 196 valence electrons. The number of fused-ring (bicyclic) bond motifs is 1. The molecule has 2 heterocycles. The van der Waals surface area contributed by atoms with Crippen LogP contribution in [0.4, 0.5) is 13.2 Å². The lowest BCUT2D eigenvalue weighted by atomic mass is 9.92. The first kappa shape index (κ1) is 25.3. The van der Waals surface area contributed by atoms with E-state index in [0.29, 0.717) is 36.4 Å². The van der Waals surface area contributed by atoms with Gasteiger partial charge in [-0.05, 0) is 79.2 Å². The van der Waals surface area contributed by atoms with Crippen LogP contribution in [-0.2, 0) is 23.9 Å². The normalized spacial score (nSPS) is 18.9. The molecule has 6 nitrogen and oxygen atoms in total. The number of hydrogen-bond acceptors (Lipinski definition) is 5. The van der Waals surface area contributed by atoms with Crippen LogP contribution in [0.3, 0.4) is 0 Å². The molecular weight excluding hydrogens is 485 g/mol. The van der Waals surface area contributed by atoms with Gasteiger partial charge in [0.25, 0.3) is 0 Å². The summed E-state index contributed by atoms with van der Waals surface area (Å²) in [4.78, 5) is 13.5. The lowest BCUT2D eigenvalue weighted by molar-refractivity contribution is -0.139. The van der Waals surface area contributed by atoms with Gasteiger partial charge in [-0.3, -0.25) is 9.69 Å². The summed E-state index contributed by atoms with van der Waals surface area (Å²) in [7, 11) is 0. The minimum Gasteiger partial charge on any atom is -0.486 e. The van der Waals surface area contributed by atoms with E-state index in [1.807, 2.05) is 0 Å². The highest BCUT2D eigenvalue weighted by Gasteiger charge is 2.38. The van der Waals surface area contributed by atoms with Crippen molar-refractivity contribution in [2.24, 2.45) is 0 Å². The van der Waals surface area contributed by atoms with Crippen LogP contribution in [0.25, 0.3) is 0 Å². The van der Waals surface area contributed by atoms with Crippen LogP contribution >= 0.6 is 0 Å². The number of carboxylic acid groups (broad SMARTS) is 1. The van der Waals surface area contributed by atoms with Crippen LogP contribution in [0.15, 0.2) is 53.3 Å². The molecule has 0 spiro atoms. The van der Waals surface area contributed by atoms with Gasteiger partial charge in [-0.15, -0.1) is 0 Å². The molecule has 1 aromatic heterocycles. The molecule has 0 radical (unpaired) electrons. The Hall–Kier alpha value is -3.33. The molecule has 3 aromatic rings. The molecule has 1 fully saturated rings. The predicted octanol–water partition coefficient (Wildman–Crippen LogP) is 6.35. The van der Waals surface area contributed by atoms with E-state index in [1.165, 1.54) is 12.3 Å². The third kappa shape index (κ3) is 5.66. The zero-order valence-corrected chi connectivity index (χ0v) is 20.3. The van der Waals surface area contributed by atoms with Crippen molar-refractivity contribution in [2.75, 3.05) is 13.1 Å². The maximum atomic E-state index is 13.9. The Morgan fingerprint density at radius 3 is 2.51 bits per heavy atom. The van der Waals surface area contributed by atoms with Crippen LogP contribution in [0.5, 0.6) is 5.75 Å². The van der Waals surface area contributed by atoms with Gasteiger partial charge in [-0.2, -0.15) is 13.2 Å². The molecule has 2 aliphatic rings. The molecule has 37 heavy (non-hydrogen) atoms. The lowest BCUT2D eigenvalue weighted by Gasteiger charge is -2.29. The molecule has 1 aliphatic heterocycles. The summed E-state index contributed by atoms with van der Waals surface area (Å²) in [6, 6.07) is 11.5. The van der Waals surface area contributed by atoms with Gasteiger partial charge in [0, 0.05) is 18.5 Å². The van der Waals surface area contributed by atoms with Gasteiger partial charge in [0.15, 0.2) is 0 Å². The van der Waals surface area contributed by atoms with Gasteiger partial charge in [0.05, 0.1) is 17.7 Å². The van der Waals surface area contributed by atoms with Gasteiger partial charge >= 0.3 is 12.1 Å². The number of aromatic nitrogens is 1. The van der Waals surface area contributed by atoms with E-state index in [-0.39, 0.29) is 12.5 Å². The molecule has 0 unspecified atom stereocenters. The summed E-state index contributed by atoms with van der Waals surface area (Å²) < 4.78 is 52.8. The highest BCUT2D eigenvalue weighted by molar-refractivity contribution is 5.68. The van der Waals surface area contributed by atoms with Crippen LogP contribution in [0, 0.1) is 0 Å². The van der Waals surface area contributed by atoms with E-state index < -0.39 is 23.6 Å². The number of likely N-dealkylation sites (tertiary alicyclic amines) is 1. The number of ether oxygens (including phenoxy) is 1. The second kappa shape index (κ2) is 10.6. The van der Waals surface area contributed by atoms with Crippen LogP contribution in [0.1, 0.15) is 77.6 Å². The van der Waals surface area contributed by atoms with Crippen molar-refractivity contribution < 1.29 is 32.3 Å². The van der Waals surface area contributed by atoms with Crippen molar-refractivity contribution in [3.05, 3.63) is 82.2 Å². The van der Waals surface area contributed by atoms with Crippen molar-refractivity contribution in [1.82, 2.24) is 10.1 Å². The molecular formula is C28H29F3N2O4. The van der Waals surface area contributed by atoms with Gasteiger partial charge < -0.3 is 14.4 Å². The van der Waals surface area contributed by atoms with Crippen molar-refractivity contribution in [3.63, 3.8) is 0 Å². The number of hydrogen-bond donors (Lipinski definition) is 1. The zero-order chi connectivity index (χ0) is 26.0. The summed E-state index contributed by atoms with van der Waals surface area (Å²) in [6.07, 6.45) is 0.834. The van der Waals surface area contributed by atoms with Crippen molar-refractivity contribution in [2.45, 2.75) is 63.3 Å². The van der Waals surface area contributed by atoms with Crippen molar-refractivity contribution in [1.29, 1.82) is 0 Å². The number of halogens is 3. The summed E-state index contributed by atoms with van der Waals surface area (Å²) in [6.45, 7) is 1.96. The molecule has 5 rings (SSSR count). The fourth-order valence-corrected chi connectivity index (χ4v) is 5.56. The van der Waals surface area contributed by atoms with Gasteiger partial charge in [-0.1, -0.05) is 29.8 Å². The standard InChI is InChI=1S/C28H29F3N2O4/c29-28(30,31)24-10-8-21-20(23(24)17-33-13-2-1-3-14-33)9-11-26(21)37-19-6-4-18(5-7-19)22(16-27(34)35)25-12-15-36-32-25/h4-8,10,12,15,22,26H,1-3,9,11,13-14,16-17H2,(H,34,35)/t22-,26+/m0/s1. The van der Waals surface area contributed by atoms with Crippen LogP contribution < -0.4 is 4.74 Å². The number of rotatable bonds is 8. The molecule has 0 amide bonds. The highest BCUT2D eigenvalue weighted by atomic mass is 19.4. The predicted molar refractivity (Wildman–Crippen MR) is 129 cm³/mol. The Kier molecular flexibility index (Phi) is 7.24. The zero-order valence-electron chi connectivity index (χ0n) is 20.3. The first-order valence-corrected chi connectivity index (χ1v) is 12.6. The molecule has 0 bridgehead atoms. The number of benzene rings is 2. The Bertz CT molecular complexity index is 1220. The van der Waals surface area contributed by atoms with E-state index in [4.69, 9.17) is 9.26 Å². The molecule has 2 aromatic carbocycles. The number of carboxylic acids is 1. The summed E-state index contributed by atoms with van der Waals surface area (Å²) in [5.74, 6) is -0.835. The maximum Gasteiger partial charge on any atom is 0.416 e. The SMILES string of the molecule is O=C(O)C[C@@H](c1ccc(O[C@@H]2CCc3c2ccc(C(F)(F)F)c3CN2CCCCC2)cc1)c1ccon1.